The molecule has 172 valence electrons. The minimum Gasteiger partial charge on any atom is -0.480 e. The molecule has 5 rings (SSSR count). The van der Waals surface area contributed by atoms with E-state index in [1.165, 1.54) is 17.4 Å². The standard InChI is InChI=1S/C23H15F3N4O3S/c1-11-17-19(12-5-3-2-4-6-12)29-30(10-16(31)32)22(33)20(17)28-18(11)21-27-14-9-13(23(24,25)26)7-8-15(14)34-21/h2-9,28H,10H2,1H3,(H,31,32). The molecule has 0 saturated carbocycles. The van der Waals surface area contributed by atoms with Crippen LogP contribution in [0.5, 0.6) is 0 Å². The van der Waals surface area contributed by atoms with Gasteiger partial charge in [0.15, 0.2) is 0 Å². The number of nitrogens with zero attached hydrogens (tertiary/aromatic N) is 3. The number of hydrogen-bond acceptors (Lipinski definition) is 5. The van der Waals surface area contributed by atoms with Crippen molar-refractivity contribution in [2.45, 2.75) is 19.6 Å². The topological polar surface area (TPSA) is 101 Å². The molecule has 0 aliphatic rings. The summed E-state index contributed by atoms with van der Waals surface area (Å²) in [5.74, 6) is -1.22. The molecule has 0 atom stereocenters. The van der Waals surface area contributed by atoms with E-state index in [9.17, 15) is 27.9 Å². The highest BCUT2D eigenvalue weighted by molar-refractivity contribution is 7.21. The van der Waals surface area contributed by atoms with E-state index in [1.807, 2.05) is 6.07 Å². The van der Waals surface area contributed by atoms with Gasteiger partial charge in [0.05, 0.1) is 21.5 Å². The molecule has 11 heteroatoms. The van der Waals surface area contributed by atoms with Crippen molar-refractivity contribution in [2.24, 2.45) is 0 Å². The van der Waals surface area contributed by atoms with Crippen molar-refractivity contribution in [3.63, 3.8) is 0 Å². The van der Waals surface area contributed by atoms with E-state index in [2.05, 4.69) is 15.1 Å². The van der Waals surface area contributed by atoms with Crippen molar-refractivity contribution in [1.29, 1.82) is 0 Å². The van der Waals surface area contributed by atoms with Crippen molar-refractivity contribution in [2.75, 3.05) is 0 Å². The molecule has 0 unspecified atom stereocenters. The number of aromatic nitrogens is 4. The first-order valence-corrected chi connectivity index (χ1v) is 10.8. The third kappa shape index (κ3) is 3.63. The minimum atomic E-state index is -4.49. The van der Waals surface area contributed by atoms with Crippen molar-refractivity contribution in [3.05, 3.63) is 70.0 Å². The molecule has 0 fully saturated rings. The van der Waals surface area contributed by atoms with Crippen LogP contribution in [0, 0.1) is 6.92 Å². The molecular formula is C23H15F3N4O3S. The van der Waals surface area contributed by atoms with Crippen molar-refractivity contribution in [1.82, 2.24) is 19.7 Å². The number of aryl methyl sites for hydroxylation is 1. The number of aromatic amines is 1. The number of aliphatic carboxylic acids is 1. The number of thiazole rings is 1. The molecule has 34 heavy (non-hydrogen) atoms. The average molecular weight is 484 g/mol. The average Bonchev–Trinajstić information content (AvgIpc) is 3.36. The van der Waals surface area contributed by atoms with Crippen LogP contribution >= 0.6 is 11.3 Å². The van der Waals surface area contributed by atoms with Gasteiger partial charge in [0.1, 0.15) is 22.8 Å². The van der Waals surface area contributed by atoms with Crippen LogP contribution in [0.2, 0.25) is 0 Å². The maximum atomic E-state index is 13.1. The molecule has 5 aromatic rings. The first-order valence-electron chi connectivity index (χ1n) is 10.0. The molecule has 0 aliphatic carbocycles. The van der Waals surface area contributed by atoms with E-state index in [1.54, 1.807) is 31.2 Å². The van der Waals surface area contributed by atoms with Crippen molar-refractivity contribution >= 4 is 38.4 Å². The summed E-state index contributed by atoms with van der Waals surface area (Å²) in [5.41, 5.74) is 1.13. The Hall–Kier alpha value is -3.99. The molecule has 2 N–H and O–H groups in total. The van der Waals surface area contributed by atoms with Gasteiger partial charge in [0.25, 0.3) is 5.56 Å². The second-order valence-electron chi connectivity index (χ2n) is 7.65. The second-order valence-corrected chi connectivity index (χ2v) is 8.68. The Morgan fingerprint density at radius 1 is 1.18 bits per heavy atom. The number of carbonyl (C=O) groups is 1. The molecule has 0 spiro atoms. The van der Waals surface area contributed by atoms with Crippen LogP contribution < -0.4 is 5.56 Å². The molecule has 0 aliphatic heterocycles. The van der Waals surface area contributed by atoms with Gasteiger partial charge < -0.3 is 10.1 Å². The van der Waals surface area contributed by atoms with Gasteiger partial charge >= 0.3 is 12.1 Å². The maximum absolute atomic E-state index is 13.1. The van der Waals surface area contributed by atoms with E-state index < -0.39 is 29.8 Å². The lowest BCUT2D eigenvalue weighted by Crippen LogP contribution is -2.27. The Bertz CT molecular complexity index is 1640. The molecule has 3 heterocycles. The predicted molar refractivity (Wildman–Crippen MR) is 122 cm³/mol. The summed E-state index contributed by atoms with van der Waals surface area (Å²) < 4.78 is 40.8. The highest BCUT2D eigenvalue weighted by atomic mass is 32.1. The summed E-state index contributed by atoms with van der Waals surface area (Å²) in [7, 11) is 0. The zero-order valence-corrected chi connectivity index (χ0v) is 18.3. The summed E-state index contributed by atoms with van der Waals surface area (Å²) >= 11 is 1.19. The number of benzene rings is 2. The molecule has 0 radical (unpaired) electrons. The Kier molecular flexibility index (Phi) is 5.01. The molecule has 0 amide bonds. The van der Waals surface area contributed by atoms with Crippen LogP contribution in [0.25, 0.3) is 43.1 Å². The summed E-state index contributed by atoms with van der Waals surface area (Å²) in [5, 5.41) is 14.5. The lowest BCUT2D eigenvalue weighted by Gasteiger charge is -2.08. The third-order valence-electron chi connectivity index (χ3n) is 5.42. The van der Waals surface area contributed by atoms with E-state index in [4.69, 9.17) is 0 Å². The summed E-state index contributed by atoms with van der Waals surface area (Å²) in [6, 6.07) is 12.4. The van der Waals surface area contributed by atoms with Gasteiger partial charge in [0, 0.05) is 10.9 Å². The quantitative estimate of drug-likeness (QED) is 0.371. The second kappa shape index (κ2) is 7.80. The number of carboxylic acid groups (broad SMARTS) is 1. The third-order valence-corrected chi connectivity index (χ3v) is 6.47. The van der Waals surface area contributed by atoms with Gasteiger partial charge in [-0.2, -0.15) is 18.3 Å². The van der Waals surface area contributed by atoms with Crippen LogP contribution in [0.3, 0.4) is 0 Å². The van der Waals surface area contributed by atoms with Crippen LogP contribution in [0.15, 0.2) is 53.3 Å². The number of alkyl halides is 3. The van der Waals surface area contributed by atoms with Crippen LogP contribution in [-0.4, -0.2) is 30.8 Å². The smallest absolute Gasteiger partial charge is 0.416 e. The van der Waals surface area contributed by atoms with E-state index in [-0.39, 0.29) is 11.0 Å². The number of fused-ring (bicyclic) bond motifs is 2. The number of nitrogens with one attached hydrogen (secondary N) is 1. The Balaban J connectivity index is 1.76. The zero-order valence-electron chi connectivity index (χ0n) is 17.5. The summed E-state index contributed by atoms with van der Waals surface area (Å²) in [6.45, 7) is 1.14. The molecule has 2 aromatic carbocycles. The van der Waals surface area contributed by atoms with Gasteiger partial charge in [-0.25, -0.2) is 9.67 Å². The molecular weight excluding hydrogens is 469 g/mol. The van der Waals surface area contributed by atoms with E-state index in [0.717, 1.165) is 16.8 Å². The number of H-pyrrole nitrogens is 1. The number of rotatable bonds is 4. The highest BCUT2D eigenvalue weighted by Crippen LogP contribution is 2.38. The first kappa shape index (κ1) is 21.8. The lowest BCUT2D eigenvalue weighted by molar-refractivity contribution is -0.138. The van der Waals surface area contributed by atoms with Gasteiger partial charge in [-0.1, -0.05) is 30.3 Å². The summed E-state index contributed by atoms with van der Waals surface area (Å²) in [6.07, 6.45) is -4.49. The SMILES string of the molecule is Cc1c(-c2nc3cc(C(F)(F)F)ccc3s2)[nH]c2c(=O)n(CC(=O)O)nc(-c3ccccc3)c12. The Morgan fingerprint density at radius 2 is 1.91 bits per heavy atom. The van der Waals surface area contributed by atoms with Gasteiger partial charge in [0.2, 0.25) is 0 Å². The summed E-state index contributed by atoms with van der Waals surface area (Å²) in [4.78, 5) is 31.8. The van der Waals surface area contributed by atoms with Gasteiger partial charge in [-0.3, -0.25) is 9.59 Å². The molecule has 7 nitrogen and oxygen atoms in total. The largest absolute Gasteiger partial charge is 0.480 e. The fourth-order valence-electron chi connectivity index (χ4n) is 3.85. The number of carboxylic acids is 1. The van der Waals surface area contributed by atoms with Crippen molar-refractivity contribution < 1.29 is 23.1 Å². The monoisotopic (exact) mass is 484 g/mol. The Morgan fingerprint density at radius 3 is 2.59 bits per heavy atom. The first-order chi connectivity index (χ1) is 16.1. The fraction of sp³-hybridized carbons (Fsp3) is 0.130. The minimum absolute atomic E-state index is 0.151. The van der Waals surface area contributed by atoms with Crippen molar-refractivity contribution in [3.8, 4) is 22.0 Å². The molecule has 3 aromatic heterocycles. The molecule has 0 bridgehead atoms. The number of hydrogen-bond donors (Lipinski definition) is 2. The van der Waals surface area contributed by atoms with Gasteiger partial charge in [-0.15, -0.1) is 11.3 Å². The predicted octanol–water partition coefficient (Wildman–Crippen LogP) is 5.08. The fourth-order valence-corrected chi connectivity index (χ4v) is 4.86. The number of halogens is 3. The maximum Gasteiger partial charge on any atom is 0.416 e. The normalized spacial score (nSPS) is 12.0. The van der Waals surface area contributed by atoms with Crippen LogP contribution in [-0.2, 0) is 17.5 Å². The van der Waals surface area contributed by atoms with Crippen LogP contribution in [0.1, 0.15) is 11.1 Å². The van der Waals surface area contributed by atoms with Gasteiger partial charge in [-0.05, 0) is 30.7 Å². The lowest BCUT2D eigenvalue weighted by atomic mass is 10.1. The molecule has 0 saturated heterocycles. The zero-order chi connectivity index (χ0) is 24.2. The Labute approximate surface area is 193 Å². The van der Waals surface area contributed by atoms with Crippen LogP contribution in [0.4, 0.5) is 13.2 Å². The highest BCUT2D eigenvalue weighted by Gasteiger charge is 2.31. The van der Waals surface area contributed by atoms with E-state index in [0.29, 0.717) is 37.6 Å². The van der Waals surface area contributed by atoms with E-state index >= 15 is 0 Å².